The van der Waals surface area contributed by atoms with Gasteiger partial charge in [-0.25, -0.2) is 0 Å². The Labute approximate surface area is 102 Å². The van der Waals surface area contributed by atoms with Gasteiger partial charge in [-0.2, -0.15) is 24.9 Å². The lowest BCUT2D eigenvalue weighted by atomic mass is 10.1. The average Bonchev–Trinajstić information content (AvgIpc) is 2.28. The number of pyridine rings is 1. The standard InChI is InChI=1S/C11H12F3NOS/c1-2-5-17-7-10(16)8-6-15-4-3-9(8)11(12,13)14/h3-4,6H,2,5,7H2,1H3. The summed E-state index contributed by atoms with van der Waals surface area (Å²) < 4.78 is 37.8. The van der Waals surface area contributed by atoms with E-state index >= 15 is 0 Å². The zero-order valence-corrected chi connectivity index (χ0v) is 10.1. The van der Waals surface area contributed by atoms with Crippen LogP contribution < -0.4 is 0 Å². The van der Waals surface area contributed by atoms with E-state index in [0.29, 0.717) is 0 Å². The van der Waals surface area contributed by atoms with Crippen molar-refractivity contribution in [2.45, 2.75) is 19.5 Å². The number of alkyl halides is 3. The van der Waals surface area contributed by atoms with E-state index in [1.54, 1.807) is 0 Å². The van der Waals surface area contributed by atoms with Gasteiger partial charge in [-0.05, 0) is 18.2 Å². The van der Waals surface area contributed by atoms with Gasteiger partial charge >= 0.3 is 6.18 Å². The molecule has 0 atom stereocenters. The molecule has 0 N–H and O–H groups in total. The number of ketones is 1. The van der Waals surface area contributed by atoms with Crippen LogP contribution in [0.5, 0.6) is 0 Å². The third kappa shape index (κ3) is 4.03. The monoisotopic (exact) mass is 263 g/mol. The molecule has 2 nitrogen and oxygen atoms in total. The Morgan fingerprint density at radius 2 is 2.18 bits per heavy atom. The maximum Gasteiger partial charge on any atom is 0.417 e. The van der Waals surface area contributed by atoms with Crippen LogP contribution in [0.3, 0.4) is 0 Å². The highest BCUT2D eigenvalue weighted by atomic mass is 32.2. The lowest BCUT2D eigenvalue weighted by molar-refractivity contribution is -0.138. The molecule has 0 aliphatic carbocycles. The maximum atomic E-state index is 12.6. The Bertz CT molecular complexity index is 393. The lowest BCUT2D eigenvalue weighted by Crippen LogP contribution is -2.15. The summed E-state index contributed by atoms with van der Waals surface area (Å²) >= 11 is 1.33. The summed E-state index contributed by atoms with van der Waals surface area (Å²) in [6.07, 6.45) is -1.60. The van der Waals surface area contributed by atoms with Crippen molar-refractivity contribution in [1.82, 2.24) is 4.98 Å². The van der Waals surface area contributed by atoms with E-state index in [1.807, 2.05) is 6.92 Å². The molecule has 6 heteroatoms. The van der Waals surface area contributed by atoms with Gasteiger partial charge in [-0.15, -0.1) is 0 Å². The molecule has 0 saturated heterocycles. The van der Waals surface area contributed by atoms with Gasteiger partial charge in [0.1, 0.15) is 0 Å². The van der Waals surface area contributed by atoms with Crippen LogP contribution in [0.25, 0.3) is 0 Å². The fraction of sp³-hybridized carbons (Fsp3) is 0.455. The number of hydrogen-bond acceptors (Lipinski definition) is 3. The highest BCUT2D eigenvalue weighted by Crippen LogP contribution is 2.31. The summed E-state index contributed by atoms with van der Waals surface area (Å²) in [5, 5.41) is 0. The fourth-order valence-electron chi connectivity index (χ4n) is 1.25. The normalized spacial score (nSPS) is 11.5. The zero-order valence-electron chi connectivity index (χ0n) is 9.25. The first-order chi connectivity index (χ1) is 7.96. The van der Waals surface area contributed by atoms with E-state index in [2.05, 4.69) is 4.98 Å². The Balaban J connectivity index is 2.86. The summed E-state index contributed by atoms with van der Waals surface area (Å²) in [6.45, 7) is 1.95. The summed E-state index contributed by atoms with van der Waals surface area (Å²) in [4.78, 5) is 15.2. The van der Waals surface area contributed by atoms with Gasteiger partial charge in [0.05, 0.1) is 11.3 Å². The van der Waals surface area contributed by atoms with Crippen molar-refractivity contribution in [2.24, 2.45) is 0 Å². The van der Waals surface area contributed by atoms with Gasteiger partial charge in [-0.3, -0.25) is 9.78 Å². The van der Waals surface area contributed by atoms with Crippen molar-refractivity contribution in [1.29, 1.82) is 0 Å². The first-order valence-electron chi connectivity index (χ1n) is 5.09. The molecule has 0 amide bonds. The number of carbonyl (C=O) groups is 1. The smallest absolute Gasteiger partial charge is 0.293 e. The van der Waals surface area contributed by atoms with Gasteiger partial charge in [-0.1, -0.05) is 6.92 Å². The third-order valence-electron chi connectivity index (χ3n) is 2.01. The molecule has 17 heavy (non-hydrogen) atoms. The van der Waals surface area contributed by atoms with Crippen molar-refractivity contribution >= 4 is 17.5 Å². The van der Waals surface area contributed by atoms with E-state index in [-0.39, 0.29) is 11.3 Å². The predicted octanol–water partition coefficient (Wildman–Crippen LogP) is 3.43. The molecule has 0 bridgehead atoms. The van der Waals surface area contributed by atoms with Gasteiger partial charge in [0.15, 0.2) is 5.78 Å². The predicted molar refractivity (Wildman–Crippen MR) is 61.2 cm³/mol. The minimum absolute atomic E-state index is 0.0581. The molecule has 0 aliphatic rings. The highest BCUT2D eigenvalue weighted by Gasteiger charge is 2.34. The number of Topliss-reactive ketones (excluding diaryl/α,β-unsaturated/α-hetero) is 1. The second kappa shape index (κ2) is 6.05. The van der Waals surface area contributed by atoms with Crippen LogP contribution in [0.15, 0.2) is 18.5 Å². The van der Waals surface area contributed by atoms with Crippen molar-refractivity contribution in [2.75, 3.05) is 11.5 Å². The second-order valence-corrected chi connectivity index (χ2v) is 4.50. The van der Waals surface area contributed by atoms with Crippen molar-refractivity contribution in [3.63, 3.8) is 0 Å². The van der Waals surface area contributed by atoms with Gasteiger partial charge in [0.25, 0.3) is 0 Å². The molecule has 1 rings (SSSR count). The molecule has 0 radical (unpaired) electrons. The van der Waals surface area contributed by atoms with Crippen LogP contribution >= 0.6 is 11.8 Å². The Kier molecular flexibility index (Phi) is 4.99. The number of carbonyl (C=O) groups excluding carboxylic acids is 1. The molecule has 1 aromatic heterocycles. The van der Waals surface area contributed by atoms with Crippen LogP contribution in [0, 0.1) is 0 Å². The Morgan fingerprint density at radius 3 is 2.76 bits per heavy atom. The molecule has 0 aromatic carbocycles. The van der Waals surface area contributed by atoms with Crippen LogP contribution in [0.2, 0.25) is 0 Å². The van der Waals surface area contributed by atoms with Gasteiger partial charge < -0.3 is 0 Å². The lowest BCUT2D eigenvalue weighted by Gasteiger charge is -2.10. The molecule has 94 valence electrons. The number of rotatable bonds is 5. The summed E-state index contributed by atoms with van der Waals surface area (Å²) in [6, 6.07) is 0.831. The third-order valence-corrected chi connectivity index (χ3v) is 3.17. The minimum atomic E-state index is -4.51. The van der Waals surface area contributed by atoms with E-state index in [9.17, 15) is 18.0 Å². The Morgan fingerprint density at radius 1 is 1.47 bits per heavy atom. The van der Waals surface area contributed by atoms with E-state index in [1.165, 1.54) is 11.8 Å². The summed E-state index contributed by atoms with van der Waals surface area (Å²) in [5.74, 6) is 0.291. The number of thioether (sulfide) groups is 1. The largest absolute Gasteiger partial charge is 0.417 e. The van der Waals surface area contributed by atoms with E-state index in [4.69, 9.17) is 0 Å². The average molecular weight is 263 g/mol. The highest BCUT2D eigenvalue weighted by molar-refractivity contribution is 7.99. The van der Waals surface area contributed by atoms with Crippen LogP contribution in [-0.4, -0.2) is 22.3 Å². The first-order valence-corrected chi connectivity index (χ1v) is 6.24. The SMILES string of the molecule is CCCSCC(=O)c1cnccc1C(F)(F)F. The number of hydrogen-bond donors (Lipinski definition) is 0. The minimum Gasteiger partial charge on any atom is -0.293 e. The van der Waals surface area contributed by atoms with Crippen molar-refractivity contribution in [3.8, 4) is 0 Å². The first kappa shape index (κ1) is 14.0. The summed E-state index contributed by atoms with van der Waals surface area (Å²) in [5.41, 5.74) is -1.25. The van der Waals surface area contributed by atoms with Crippen LogP contribution in [0.1, 0.15) is 29.3 Å². The van der Waals surface area contributed by atoms with Crippen molar-refractivity contribution < 1.29 is 18.0 Å². The number of halogens is 3. The number of aromatic nitrogens is 1. The molecular formula is C11H12F3NOS. The van der Waals surface area contributed by atoms with Crippen LogP contribution in [-0.2, 0) is 6.18 Å². The quantitative estimate of drug-likeness (QED) is 0.602. The summed E-state index contributed by atoms with van der Waals surface area (Å²) in [7, 11) is 0. The molecule has 0 fully saturated rings. The zero-order chi connectivity index (χ0) is 12.9. The van der Waals surface area contributed by atoms with Gasteiger partial charge in [0.2, 0.25) is 0 Å². The molecule has 0 unspecified atom stereocenters. The molecule has 1 aromatic rings. The number of nitrogens with zero attached hydrogens (tertiary/aromatic N) is 1. The van der Waals surface area contributed by atoms with Gasteiger partial charge in [0, 0.05) is 18.0 Å². The van der Waals surface area contributed by atoms with E-state index < -0.39 is 17.5 Å². The van der Waals surface area contributed by atoms with Crippen LogP contribution in [0.4, 0.5) is 13.2 Å². The molecule has 1 heterocycles. The fourth-order valence-corrected chi connectivity index (χ4v) is 2.02. The molecular weight excluding hydrogens is 251 g/mol. The molecule has 0 saturated carbocycles. The maximum absolute atomic E-state index is 12.6. The topological polar surface area (TPSA) is 30.0 Å². The van der Waals surface area contributed by atoms with Crippen molar-refractivity contribution in [3.05, 3.63) is 29.6 Å². The second-order valence-electron chi connectivity index (χ2n) is 3.39. The molecule has 0 spiro atoms. The Hall–Kier alpha value is -1.04. The molecule has 0 aliphatic heterocycles. The van der Waals surface area contributed by atoms with E-state index in [0.717, 1.165) is 30.6 Å².